The van der Waals surface area contributed by atoms with Gasteiger partial charge < -0.3 is 9.64 Å². The van der Waals surface area contributed by atoms with Gasteiger partial charge in [-0.3, -0.25) is 4.79 Å². The number of benzene rings is 2. The Morgan fingerprint density at radius 2 is 2.00 bits per heavy atom. The van der Waals surface area contributed by atoms with Crippen molar-refractivity contribution in [2.75, 3.05) is 11.9 Å². The molecule has 1 aliphatic heterocycles. The molecule has 0 radical (unpaired) electrons. The molecule has 1 heterocycles. The number of anilines is 1. The fraction of sp³-hybridized carbons (Fsp3) is 0.222. The first-order valence-electron chi connectivity index (χ1n) is 7.36. The molecule has 1 atom stereocenters. The zero-order chi connectivity index (χ0) is 17.5. The number of amides is 1. The number of esters is 1. The Morgan fingerprint density at radius 1 is 1.29 bits per heavy atom. The lowest BCUT2D eigenvalue weighted by Crippen LogP contribution is -2.52. The van der Waals surface area contributed by atoms with Crippen LogP contribution in [0.4, 0.5) is 5.69 Å². The van der Waals surface area contributed by atoms with Crippen LogP contribution in [0.5, 0.6) is 0 Å². The highest BCUT2D eigenvalue weighted by atomic mass is 79.9. The Bertz CT molecular complexity index is 839. The average molecular weight is 409 g/mol. The van der Waals surface area contributed by atoms with Crippen molar-refractivity contribution < 1.29 is 14.3 Å². The van der Waals surface area contributed by atoms with Gasteiger partial charge in [0.15, 0.2) is 5.60 Å². The molecular weight excluding hydrogens is 394 g/mol. The number of cyclic esters (lactones) is 1. The van der Waals surface area contributed by atoms with Gasteiger partial charge in [-0.1, -0.05) is 45.7 Å². The van der Waals surface area contributed by atoms with E-state index in [0.717, 1.165) is 10.0 Å². The van der Waals surface area contributed by atoms with Crippen molar-refractivity contribution in [2.24, 2.45) is 0 Å². The van der Waals surface area contributed by atoms with Crippen LogP contribution in [0.2, 0.25) is 5.02 Å². The van der Waals surface area contributed by atoms with Gasteiger partial charge in [0, 0.05) is 17.9 Å². The lowest BCUT2D eigenvalue weighted by molar-refractivity contribution is -0.136. The van der Waals surface area contributed by atoms with Gasteiger partial charge in [0.25, 0.3) is 5.91 Å². The summed E-state index contributed by atoms with van der Waals surface area (Å²) in [5.74, 6) is -0.808. The van der Waals surface area contributed by atoms with Crippen molar-refractivity contribution >= 4 is 45.1 Å². The van der Waals surface area contributed by atoms with Crippen LogP contribution >= 0.6 is 27.5 Å². The summed E-state index contributed by atoms with van der Waals surface area (Å²) in [6, 6.07) is 12.4. The quantitative estimate of drug-likeness (QED) is 0.698. The Kier molecular flexibility index (Phi) is 4.40. The van der Waals surface area contributed by atoms with Crippen LogP contribution < -0.4 is 4.90 Å². The fourth-order valence-corrected chi connectivity index (χ4v) is 3.67. The zero-order valence-electron chi connectivity index (χ0n) is 13.2. The SMILES string of the molecule is CN(C(=O)C1(C)Cc2ccccc2C(=O)O1)c1ccc(Br)cc1Cl. The van der Waals surface area contributed by atoms with Crippen molar-refractivity contribution in [3.05, 3.63) is 63.1 Å². The van der Waals surface area contributed by atoms with Crippen LogP contribution in [-0.2, 0) is 16.0 Å². The lowest BCUT2D eigenvalue weighted by Gasteiger charge is -2.36. The molecule has 0 bridgehead atoms. The van der Waals surface area contributed by atoms with Crippen molar-refractivity contribution in [3.8, 4) is 0 Å². The first-order valence-corrected chi connectivity index (χ1v) is 8.53. The van der Waals surface area contributed by atoms with Crippen LogP contribution in [0.25, 0.3) is 0 Å². The third-order valence-corrected chi connectivity index (χ3v) is 4.91. The van der Waals surface area contributed by atoms with Gasteiger partial charge in [0.05, 0.1) is 16.3 Å². The van der Waals surface area contributed by atoms with Crippen molar-refractivity contribution in [3.63, 3.8) is 0 Å². The maximum atomic E-state index is 13.0. The summed E-state index contributed by atoms with van der Waals surface area (Å²) in [7, 11) is 1.62. The van der Waals surface area contributed by atoms with E-state index in [-0.39, 0.29) is 5.91 Å². The molecule has 1 amide bonds. The molecule has 24 heavy (non-hydrogen) atoms. The minimum Gasteiger partial charge on any atom is -0.445 e. The molecule has 0 N–H and O–H groups in total. The summed E-state index contributed by atoms with van der Waals surface area (Å²) in [5, 5.41) is 0.436. The topological polar surface area (TPSA) is 46.6 Å². The molecule has 6 heteroatoms. The molecule has 0 aromatic heterocycles. The van der Waals surface area contributed by atoms with E-state index in [1.807, 2.05) is 12.1 Å². The molecule has 0 fully saturated rings. The van der Waals surface area contributed by atoms with E-state index in [9.17, 15) is 9.59 Å². The molecule has 0 spiro atoms. The molecule has 0 aliphatic carbocycles. The minimum absolute atomic E-state index is 0.324. The summed E-state index contributed by atoms with van der Waals surface area (Å²) >= 11 is 9.57. The summed E-state index contributed by atoms with van der Waals surface area (Å²) in [6.07, 6.45) is 0.326. The van der Waals surface area contributed by atoms with Gasteiger partial charge >= 0.3 is 5.97 Å². The number of hydrogen-bond acceptors (Lipinski definition) is 3. The third kappa shape index (κ3) is 2.94. The number of hydrogen-bond donors (Lipinski definition) is 0. The van der Waals surface area contributed by atoms with Crippen LogP contribution in [0.15, 0.2) is 46.9 Å². The van der Waals surface area contributed by atoms with Gasteiger partial charge in [-0.05, 0) is 36.8 Å². The van der Waals surface area contributed by atoms with Crippen molar-refractivity contribution in [2.45, 2.75) is 18.9 Å². The van der Waals surface area contributed by atoms with Gasteiger partial charge in [-0.25, -0.2) is 4.79 Å². The third-order valence-electron chi connectivity index (χ3n) is 4.11. The van der Waals surface area contributed by atoms with Crippen molar-refractivity contribution in [1.82, 2.24) is 0 Å². The second-order valence-electron chi connectivity index (χ2n) is 5.91. The zero-order valence-corrected chi connectivity index (χ0v) is 15.5. The monoisotopic (exact) mass is 407 g/mol. The van der Waals surface area contributed by atoms with Crippen LogP contribution in [0.1, 0.15) is 22.8 Å². The van der Waals surface area contributed by atoms with Crippen LogP contribution in [0, 0.1) is 0 Å². The number of halogens is 2. The van der Waals surface area contributed by atoms with Crippen molar-refractivity contribution in [1.29, 1.82) is 0 Å². The fourth-order valence-electron chi connectivity index (χ4n) is 2.87. The number of carbonyl (C=O) groups is 2. The summed E-state index contributed by atoms with van der Waals surface area (Å²) in [6.45, 7) is 1.63. The van der Waals surface area contributed by atoms with Gasteiger partial charge in [-0.15, -0.1) is 0 Å². The van der Waals surface area contributed by atoms with E-state index >= 15 is 0 Å². The normalized spacial score (nSPS) is 19.4. The molecule has 3 rings (SSSR count). The number of nitrogens with zero attached hydrogens (tertiary/aromatic N) is 1. The first-order chi connectivity index (χ1) is 11.3. The molecular formula is C18H15BrClNO3. The number of rotatable bonds is 2. The highest BCUT2D eigenvalue weighted by Gasteiger charge is 2.44. The largest absolute Gasteiger partial charge is 0.445 e. The van der Waals surface area contributed by atoms with E-state index in [1.54, 1.807) is 44.3 Å². The van der Waals surface area contributed by atoms with E-state index in [0.29, 0.717) is 22.7 Å². The molecule has 1 aliphatic rings. The molecule has 1 unspecified atom stereocenters. The number of fused-ring (bicyclic) bond motifs is 1. The molecule has 2 aromatic carbocycles. The predicted molar refractivity (Wildman–Crippen MR) is 96.5 cm³/mol. The number of carbonyl (C=O) groups excluding carboxylic acids is 2. The van der Waals surface area contributed by atoms with Gasteiger partial charge in [0.1, 0.15) is 0 Å². The van der Waals surface area contributed by atoms with E-state index in [4.69, 9.17) is 16.3 Å². The van der Waals surface area contributed by atoms with Crippen LogP contribution in [0.3, 0.4) is 0 Å². The van der Waals surface area contributed by atoms with E-state index in [1.165, 1.54) is 4.90 Å². The Morgan fingerprint density at radius 3 is 2.71 bits per heavy atom. The Balaban J connectivity index is 1.93. The number of ether oxygens (including phenoxy) is 1. The second-order valence-corrected chi connectivity index (χ2v) is 7.24. The van der Waals surface area contributed by atoms with E-state index < -0.39 is 11.6 Å². The molecule has 2 aromatic rings. The maximum absolute atomic E-state index is 13.0. The standard InChI is InChI=1S/C18H15BrClNO3/c1-18(10-11-5-3-4-6-13(11)16(22)24-18)17(23)21(2)15-8-7-12(19)9-14(15)20/h3-9H,10H2,1-2H3. The molecule has 0 saturated heterocycles. The highest BCUT2D eigenvalue weighted by Crippen LogP contribution is 2.33. The summed E-state index contributed by atoms with van der Waals surface area (Å²) < 4.78 is 6.31. The lowest BCUT2D eigenvalue weighted by atomic mass is 9.89. The summed E-state index contributed by atoms with van der Waals surface area (Å²) in [5.41, 5.74) is 0.601. The maximum Gasteiger partial charge on any atom is 0.339 e. The van der Waals surface area contributed by atoms with Gasteiger partial charge in [-0.2, -0.15) is 0 Å². The molecule has 4 nitrogen and oxygen atoms in total. The Hall–Kier alpha value is -1.85. The molecule has 124 valence electrons. The van der Waals surface area contributed by atoms with Crippen LogP contribution in [-0.4, -0.2) is 24.5 Å². The van der Waals surface area contributed by atoms with Gasteiger partial charge in [0.2, 0.25) is 0 Å². The first kappa shape index (κ1) is 17.0. The number of likely N-dealkylation sites (N-methyl/N-ethyl adjacent to an activating group) is 1. The average Bonchev–Trinajstić information content (AvgIpc) is 2.53. The minimum atomic E-state index is -1.27. The highest BCUT2D eigenvalue weighted by molar-refractivity contribution is 9.10. The molecule has 0 saturated carbocycles. The van der Waals surface area contributed by atoms with E-state index in [2.05, 4.69) is 15.9 Å². The Labute approximate surface area is 153 Å². The second kappa shape index (κ2) is 6.22. The predicted octanol–water partition coefficient (Wildman–Crippen LogP) is 4.24. The summed E-state index contributed by atoms with van der Waals surface area (Å²) in [4.78, 5) is 26.7. The smallest absolute Gasteiger partial charge is 0.339 e.